The summed E-state index contributed by atoms with van der Waals surface area (Å²) in [4.78, 5) is 13.2. The molecule has 2 aromatic rings. The lowest BCUT2D eigenvalue weighted by Crippen LogP contribution is -2.31. The molecule has 2 amide bonds. The third-order valence-corrected chi connectivity index (χ3v) is 2.69. The Bertz CT molecular complexity index is 627. The Morgan fingerprint density at radius 2 is 2.20 bits per heavy atom. The number of aryl methyl sites for hydroxylation is 1. The normalized spacial score (nSPS) is 10.4. The van der Waals surface area contributed by atoms with Gasteiger partial charge in [0.25, 0.3) is 0 Å². The van der Waals surface area contributed by atoms with Gasteiger partial charge in [-0.05, 0) is 12.1 Å². The van der Waals surface area contributed by atoms with Crippen molar-refractivity contribution in [1.82, 2.24) is 14.7 Å². The number of rotatable bonds is 3. The number of hydrogen-bond donors (Lipinski definition) is 1. The first kappa shape index (κ1) is 14.0. The molecule has 5 nitrogen and oxygen atoms in total. The van der Waals surface area contributed by atoms with E-state index in [0.29, 0.717) is 6.54 Å². The fraction of sp³-hybridized carbons (Fsp3) is 0.231. The van der Waals surface area contributed by atoms with E-state index >= 15 is 0 Å². The molecule has 0 spiro atoms. The number of hydrogen-bond acceptors (Lipinski definition) is 2. The van der Waals surface area contributed by atoms with Crippen LogP contribution >= 0.6 is 0 Å². The van der Waals surface area contributed by atoms with Crippen LogP contribution in [0.4, 0.5) is 19.3 Å². The van der Waals surface area contributed by atoms with Crippen LogP contribution in [-0.4, -0.2) is 27.8 Å². The summed E-state index contributed by atoms with van der Waals surface area (Å²) in [5.74, 6) is -1.30. The summed E-state index contributed by atoms with van der Waals surface area (Å²) in [6.45, 7) is 0.316. The molecule has 7 heteroatoms. The predicted molar refractivity (Wildman–Crippen MR) is 70.1 cm³/mol. The number of nitrogens with zero attached hydrogens (tertiary/aromatic N) is 3. The van der Waals surface area contributed by atoms with Crippen molar-refractivity contribution in [3.05, 3.63) is 47.8 Å². The Kier molecular flexibility index (Phi) is 3.97. The average molecular weight is 280 g/mol. The molecule has 0 saturated heterocycles. The molecule has 0 radical (unpaired) electrons. The summed E-state index contributed by atoms with van der Waals surface area (Å²) in [6, 6.07) is 2.36. The minimum Gasteiger partial charge on any atom is -0.323 e. The number of halogens is 2. The van der Waals surface area contributed by atoms with E-state index in [1.165, 1.54) is 4.90 Å². The van der Waals surface area contributed by atoms with E-state index < -0.39 is 17.7 Å². The van der Waals surface area contributed by atoms with Crippen molar-refractivity contribution in [2.75, 3.05) is 12.4 Å². The standard InChI is InChI=1S/C13H14F2N4O/c1-18(7-9-6-16-19(2)8-9)13(20)17-12-5-10(14)3-4-11(12)15/h3-6,8H,7H2,1-2H3,(H,17,20). The highest BCUT2D eigenvalue weighted by Crippen LogP contribution is 2.16. The molecule has 106 valence electrons. The Balaban J connectivity index is 2.02. The number of aromatic nitrogens is 2. The van der Waals surface area contributed by atoms with Gasteiger partial charge in [-0.15, -0.1) is 0 Å². The van der Waals surface area contributed by atoms with Crippen LogP contribution in [0.15, 0.2) is 30.6 Å². The highest BCUT2D eigenvalue weighted by atomic mass is 19.1. The largest absolute Gasteiger partial charge is 0.323 e. The zero-order valence-corrected chi connectivity index (χ0v) is 11.1. The quantitative estimate of drug-likeness (QED) is 0.938. The van der Waals surface area contributed by atoms with Crippen molar-refractivity contribution in [3.63, 3.8) is 0 Å². The smallest absolute Gasteiger partial charge is 0.321 e. The number of anilines is 1. The van der Waals surface area contributed by atoms with Crippen LogP contribution in [0, 0.1) is 11.6 Å². The van der Waals surface area contributed by atoms with Crippen LogP contribution in [0.3, 0.4) is 0 Å². The first-order valence-electron chi connectivity index (χ1n) is 5.90. The summed E-state index contributed by atoms with van der Waals surface area (Å²) >= 11 is 0. The zero-order valence-electron chi connectivity index (χ0n) is 11.1. The summed E-state index contributed by atoms with van der Waals surface area (Å²) in [5, 5.41) is 6.31. The minimum atomic E-state index is -0.686. The summed E-state index contributed by atoms with van der Waals surface area (Å²) < 4.78 is 28.0. The van der Waals surface area contributed by atoms with E-state index in [9.17, 15) is 13.6 Å². The fourth-order valence-electron chi connectivity index (χ4n) is 1.70. The van der Waals surface area contributed by atoms with Gasteiger partial charge in [-0.2, -0.15) is 5.10 Å². The second-order valence-corrected chi connectivity index (χ2v) is 4.43. The molecule has 0 fully saturated rings. The molecule has 0 aliphatic rings. The van der Waals surface area contributed by atoms with Crippen molar-refractivity contribution in [2.24, 2.45) is 7.05 Å². The van der Waals surface area contributed by atoms with Gasteiger partial charge >= 0.3 is 6.03 Å². The van der Waals surface area contributed by atoms with E-state index in [2.05, 4.69) is 10.4 Å². The Hall–Kier alpha value is -2.44. The SMILES string of the molecule is CN(Cc1cnn(C)c1)C(=O)Nc1cc(F)ccc1F. The lowest BCUT2D eigenvalue weighted by Gasteiger charge is -2.17. The van der Waals surface area contributed by atoms with Gasteiger partial charge in [0.05, 0.1) is 18.4 Å². The topological polar surface area (TPSA) is 50.2 Å². The van der Waals surface area contributed by atoms with E-state index in [0.717, 1.165) is 23.8 Å². The van der Waals surface area contributed by atoms with Crippen molar-refractivity contribution >= 4 is 11.7 Å². The molecule has 0 atom stereocenters. The lowest BCUT2D eigenvalue weighted by atomic mass is 10.3. The van der Waals surface area contributed by atoms with Crippen molar-refractivity contribution < 1.29 is 13.6 Å². The molecule has 1 aromatic heterocycles. The van der Waals surface area contributed by atoms with Gasteiger partial charge in [0.1, 0.15) is 11.6 Å². The number of amides is 2. The third-order valence-electron chi connectivity index (χ3n) is 2.69. The predicted octanol–water partition coefficient (Wildman–Crippen LogP) is 2.36. The maximum Gasteiger partial charge on any atom is 0.321 e. The number of urea groups is 1. The van der Waals surface area contributed by atoms with Gasteiger partial charge in [0.2, 0.25) is 0 Å². The lowest BCUT2D eigenvalue weighted by molar-refractivity contribution is 0.220. The van der Waals surface area contributed by atoms with Crippen molar-refractivity contribution in [2.45, 2.75) is 6.54 Å². The Morgan fingerprint density at radius 1 is 1.45 bits per heavy atom. The Morgan fingerprint density at radius 3 is 2.85 bits per heavy atom. The molecular formula is C13H14F2N4O. The molecule has 0 saturated carbocycles. The first-order valence-corrected chi connectivity index (χ1v) is 5.90. The zero-order chi connectivity index (χ0) is 14.7. The van der Waals surface area contributed by atoms with E-state index in [1.807, 2.05) is 0 Å². The van der Waals surface area contributed by atoms with Gasteiger partial charge < -0.3 is 10.2 Å². The second kappa shape index (κ2) is 5.68. The molecule has 0 unspecified atom stereocenters. The molecule has 0 aliphatic heterocycles. The van der Waals surface area contributed by atoms with Gasteiger partial charge in [-0.3, -0.25) is 4.68 Å². The summed E-state index contributed by atoms with van der Waals surface area (Å²) in [6.07, 6.45) is 3.40. The highest BCUT2D eigenvalue weighted by Gasteiger charge is 2.13. The van der Waals surface area contributed by atoms with Crippen molar-refractivity contribution in [1.29, 1.82) is 0 Å². The average Bonchev–Trinajstić information content (AvgIpc) is 2.79. The van der Waals surface area contributed by atoms with E-state index in [4.69, 9.17) is 0 Å². The van der Waals surface area contributed by atoms with Gasteiger partial charge in [-0.1, -0.05) is 0 Å². The number of carbonyl (C=O) groups is 1. The maximum absolute atomic E-state index is 13.4. The first-order chi connectivity index (χ1) is 9.45. The molecule has 1 N–H and O–H groups in total. The third kappa shape index (κ3) is 3.31. The minimum absolute atomic E-state index is 0.187. The van der Waals surface area contributed by atoms with Crippen LogP contribution in [0.25, 0.3) is 0 Å². The fourth-order valence-corrected chi connectivity index (χ4v) is 1.70. The van der Waals surface area contributed by atoms with Crippen LogP contribution < -0.4 is 5.32 Å². The maximum atomic E-state index is 13.4. The number of benzene rings is 1. The molecule has 1 aromatic carbocycles. The van der Waals surface area contributed by atoms with Crippen LogP contribution in [0.1, 0.15) is 5.56 Å². The Labute approximate surface area is 114 Å². The van der Waals surface area contributed by atoms with Crippen LogP contribution in [-0.2, 0) is 13.6 Å². The van der Waals surface area contributed by atoms with Gasteiger partial charge in [0, 0.05) is 31.9 Å². The second-order valence-electron chi connectivity index (χ2n) is 4.43. The highest BCUT2D eigenvalue weighted by molar-refractivity contribution is 5.89. The summed E-state index contributed by atoms with van der Waals surface area (Å²) in [5.41, 5.74) is 0.651. The van der Waals surface area contributed by atoms with Crippen molar-refractivity contribution in [3.8, 4) is 0 Å². The summed E-state index contributed by atoms with van der Waals surface area (Å²) in [7, 11) is 3.32. The van der Waals surface area contributed by atoms with E-state index in [-0.39, 0.29) is 5.69 Å². The molecular weight excluding hydrogens is 266 g/mol. The van der Waals surface area contributed by atoms with Gasteiger partial charge in [0.15, 0.2) is 0 Å². The molecule has 0 aliphatic carbocycles. The monoisotopic (exact) mass is 280 g/mol. The molecule has 1 heterocycles. The van der Waals surface area contributed by atoms with Crippen LogP contribution in [0.5, 0.6) is 0 Å². The molecule has 20 heavy (non-hydrogen) atoms. The molecule has 2 rings (SSSR count). The van der Waals surface area contributed by atoms with E-state index in [1.54, 1.807) is 31.2 Å². The van der Waals surface area contributed by atoms with Gasteiger partial charge in [-0.25, -0.2) is 13.6 Å². The number of nitrogens with one attached hydrogen (secondary N) is 1. The number of carbonyl (C=O) groups excluding carboxylic acids is 1. The molecule has 0 bridgehead atoms. The van der Waals surface area contributed by atoms with Crippen LogP contribution in [0.2, 0.25) is 0 Å².